The quantitative estimate of drug-likeness (QED) is 0.0933. The fourth-order valence-electron chi connectivity index (χ4n) is 4.67. The Labute approximate surface area is 255 Å². The highest BCUT2D eigenvalue weighted by molar-refractivity contribution is 5.92. The molecule has 0 fully saturated rings. The van der Waals surface area contributed by atoms with E-state index in [4.69, 9.17) is 0 Å². The predicted octanol–water partition coefficient (Wildman–Crippen LogP) is 5.50. The van der Waals surface area contributed by atoms with Gasteiger partial charge in [-0.25, -0.2) is 0 Å². The monoisotopic (exact) mass is 594 g/mol. The van der Waals surface area contributed by atoms with Gasteiger partial charge in [0.15, 0.2) is 5.78 Å². The van der Waals surface area contributed by atoms with Crippen molar-refractivity contribution in [3.63, 3.8) is 0 Å². The second-order valence-electron chi connectivity index (χ2n) is 12.0. The average molecular weight is 595 g/mol. The van der Waals surface area contributed by atoms with E-state index in [2.05, 4.69) is 49.0 Å². The maximum atomic E-state index is 13.2. The summed E-state index contributed by atoms with van der Waals surface area (Å²) in [6.45, 7) is 11.1. The summed E-state index contributed by atoms with van der Waals surface area (Å²) in [7, 11) is 0. The van der Waals surface area contributed by atoms with Crippen LogP contribution >= 0.6 is 0 Å². The SMILES string of the molecule is CCCCCC(=O)NCCCCC(NC(=O)CCCCC)C(=O)NC(CCCCNC(=O)CCCCC(C)C)C(C)=O. The van der Waals surface area contributed by atoms with Crippen LogP contribution in [-0.4, -0.2) is 54.6 Å². The van der Waals surface area contributed by atoms with E-state index in [0.29, 0.717) is 70.4 Å². The molecule has 9 heteroatoms. The van der Waals surface area contributed by atoms with Gasteiger partial charge in [0.1, 0.15) is 6.04 Å². The van der Waals surface area contributed by atoms with Crippen molar-refractivity contribution in [1.29, 1.82) is 0 Å². The summed E-state index contributed by atoms with van der Waals surface area (Å²) < 4.78 is 0. The molecule has 9 nitrogen and oxygen atoms in total. The molecule has 0 aromatic heterocycles. The number of amides is 4. The molecule has 0 aromatic rings. The zero-order valence-corrected chi connectivity index (χ0v) is 27.4. The number of Topliss-reactive ketones (excluding diaryl/α,β-unsaturated/α-hetero) is 1. The molecule has 0 bridgehead atoms. The highest BCUT2D eigenvalue weighted by atomic mass is 16.2. The van der Waals surface area contributed by atoms with Gasteiger partial charge in [0.25, 0.3) is 0 Å². The summed E-state index contributed by atoms with van der Waals surface area (Å²) in [5, 5.41) is 11.6. The standard InChI is InChI=1S/C33H62N4O5/c1-6-8-10-21-30(39)34-25-17-15-20-29(36-32(41)23-11-9-7-2)33(42)37-28(27(5)38)19-14-16-24-35-31(40)22-13-12-18-26(3)4/h26,28-29H,6-25H2,1-5H3,(H,34,39)(H,35,40)(H,36,41)(H,37,42). The average Bonchev–Trinajstić information content (AvgIpc) is 2.93. The van der Waals surface area contributed by atoms with Crippen molar-refractivity contribution in [2.45, 2.75) is 162 Å². The second-order valence-corrected chi connectivity index (χ2v) is 12.0. The molecule has 0 aliphatic heterocycles. The number of hydrogen-bond acceptors (Lipinski definition) is 5. The molecule has 42 heavy (non-hydrogen) atoms. The van der Waals surface area contributed by atoms with Crippen molar-refractivity contribution in [3.8, 4) is 0 Å². The van der Waals surface area contributed by atoms with Crippen LogP contribution in [0.25, 0.3) is 0 Å². The first-order valence-electron chi connectivity index (χ1n) is 16.7. The molecular weight excluding hydrogens is 532 g/mol. The highest BCUT2D eigenvalue weighted by Gasteiger charge is 2.24. The van der Waals surface area contributed by atoms with Gasteiger partial charge in [0.05, 0.1) is 6.04 Å². The molecular formula is C33H62N4O5. The molecule has 0 rings (SSSR count). The molecule has 0 spiro atoms. The van der Waals surface area contributed by atoms with Gasteiger partial charge in [0, 0.05) is 32.4 Å². The number of unbranched alkanes of at least 4 members (excludes halogenated alkanes) is 7. The van der Waals surface area contributed by atoms with Crippen molar-refractivity contribution >= 4 is 29.4 Å². The van der Waals surface area contributed by atoms with Gasteiger partial charge in [-0.05, 0) is 70.6 Å². The third-order valence-corrected chi connectivity index (χ3v) is 7.39. The fraction of sp³-hybridized carbons (Fsp3) is 0.848. The summed E-state index contributed by atoms with van der Waals surface area (Å²) in [5.41, 5.74) is 0. The Hall–Kier alpha value is -2.45. The molecule has 0 heterocycles. The Morgan fingerprint density at radius 2 is 0.976 bits per heavy atom. The van der Waals surface area contributed by atoms with Gasteiger partial charge in [-0.3, -0.25) is 24.0 Å². The zero-order chi connectivity index (χ0) is 31.6. The van der Waals surface area contributed by atoms with Gasteiger partial charge in [-0.15, -0.1) is 0 Å². The third-order valence-electron chi connectivity index (χ3n) is 7.39. The van der Waals surface area contributed by atoms with Crippen molar-refractivity contribution in [1.82, 2.24) is 21.3 Å². The topological polar surface area (TPSA) is 133 Å². The fourth-order valence-corrected chi connectivity index (χ4v) is 4.67. The Balaban J connectivity index is 4.69. The molecule has 2 atom stereocenters. The van der Waals surface area contributed by atoms with Crippen LogP contribution < -0.4 is 21.3 Å². The lowest BCUT2D eigenvalue weighted by Crippen LogP contribution is -2.51. The second kappa shape index (κ2) is 26.2. The first-order chi connectivity index (χ1) is 20.1. The van der Waals surface area contributed by atoms with E-state index in [1.807, 2.05) is 0 Å². The van der Waals surface area contributed by atoms with Gasteiger partial charge in [-0.1, -0.05) is 66.2 Å². The van der Waals surface area contributed by atoms with Crippen molar-refractivity contribution < 1.29 is 24.0 Å². The largest absolute Gasteiger partial charge is 0.356 e. The molecule has 2 unspecified atom stereocenters. The Bertz CT molecular complexity index is 772. The van der Waals surface area contributed by atoms with Crippen LogP contribution in [0, 0.1) is 5.92 Å². The number of rotatable bonds is 27. The Morgan fingerprint density at radius 3 is 1.45 bits per heavy atom. The van der Waals surface area contributed by atoms with Crippen LogP contribution in [0.3, 0.4) is 0 Å². The molecule has 244 valence electrons. The summed E-state index contributed by atoms with van der Waals surface area (Å²) in [5.74, 6) is 0.122. The van der Waals surface area contributed by atoms with Crippen LogP contribution in [-0.2, 0) is 24.0 Å². The van der Waals surface area contributed by atoms with Crippen molar-refractivity contribution in [2.24, 2.45) is 5.92 Å². The summed E-state index contributed by atoms with van der Waals surface area (Å²) in [6.07, 6.45) is 13.9. The van der Waals surface area contributed by atoms with E-state index < -0.39 is 12.1 Å². The predicted molar refractivity (Wildman–Crippen MR) is 170 cm³/mol. The first-order valence-corrected chi connectivity index (χ1v) is 16.7. The first kappa shape index (κ1) is 39.5. The highest BCUT2D eigenvalue weighted by Crippen LogP contribution is 2.09. The van der Waals surface area contributed by atoms with Crippen LogP contribution in [0.5, 0.6) is 0 Å². The van der Waals surface area contributed by atoms with Gasteiger partial charge < -0.3 is 21.3 Å². The van der Waals surface area contributed by atoms with Gasteiger partial charge >= 0.3 is 0 Å². The summed E-state index contributed by atoms with van der Waals surface area (Å²) in [4.78, 5) is 62.0. The maximum Gasteiger partial charge on any atom is 0.243 e. The number of carbonyl (C=O) groups excluding carboxylic acids is 5. The Kier molecular flexibility index (Phi) is 24.7. The minimum Gasteiger partial charge on any atom is -0.356 e. The molecule has 4 N–H and O–H groups in total. The maximum absolute atomic E-state index is 13.2. The molecule has 0 saturated carbocycles. The summed E-state index contributed by atoms with van der Waals surface area (Å²) >= 11 is 0. The number of hydrogen-bond donors (Lipinski definition) is 4. The molecule has 0 aliphatic carbocycles. The van der Waals surface area contributed by atoms with E-state index in [0.717, 1.165) is 64.2 Å². The smallest absolute Gasteiger partial charge is 0.243 e. The van der Waals surface area contributed by atoms with Crippen LogP contribution in [0.15, 0.2) is 0 Å². The minimum absolute atomic E-state index is 0.0486. The number of nitrogens with one attached hydrogen (secondary N) is 4. The van der Waals surface area contributed by atoms with E-state index in [1.165, 1.54) is 6.92 Å². The van der Waals surface area contributed by atoms with Crippen molar-refractivity contribution in [2.75, 3.05) is 13.1 Å². The molecule has 0 aromatic carbocycles. The number of ketones is 1. The molecule has 0 saturated heterocycles. The molecule has 4 amide bonds. The van der Waals surface area contributed by atoms with Crippen molar-refractivity contribution in [3.05, 3.63) is 0 Å². The number of carbonyl (C=O) groups is 5. The molecule has 0 aliphatic rings. The molecule has 0 radical (unpaired) electrons. The van der Waals surface area contributed by atoms with Gasteiger partial charge in [0.2, 0.25) is 23.6 Å². The van der Waals surface area contributed by atoms with E-state index in [9.17, 15) is 24.0 Å². The zero-order valence-electron chi connectivity index (χ0n) is 27.4. The van der Waals surface area contributed by atoms with E-state index in [1.54, 1.807) is 0 Å². The minimum atomic E-state index is -0.726. The van der Waals surface area contributed by atoms with Crippen LogP contribution in [0.4, 0.5) is 0 Å². The lowest BCUT2D eigenvalue weighted by Gasteiger charge is -2.22. The summed E-state index contributed by atoms with van der Waals surface area (Å²) in [6, 6.07) is -1.36. The van der Waals surface area contributed by atoms with Gasteiger partial charge in [-0.2, -0.15) is 0 Å². The normalized spacial score (nSPS) is 12.4. The lowest BCUT2D eigenvalue weighted by atomic mass is 10.0. The Morgan fingerprint density at radius 1 is 0.524 bits per heavy atom. The van der Waals surface area contributed by atoms with E-state index in [-0.39, 0.29) is 29.4 Å². The lowest BCUT2D eigenvalue weighted by molar-refractivity contribution is -0.131. The van der Waals surface area contributed by atoms with Crippen LogP contribution in [0.2, 0.25) is 0 Å². The van der Waals surface area contributed by atoms with Crippen LogP contribution in [0.1, 0.15) is 150 Å². The van der Waals surface area contributed by atoms with E-state index >= 15 is 0 Å². The third kappa shape index (κ3) is 23.1.